The molecule has 1 aliphatic heterocycles. The first-order valence-electron chi connectivity index (χ1n) is 12.1. The fraction of sp³-hybridized carbons (Fsp3) is 0.500. The number of hydrogen-bond acceptors (Lipinski definition) is 3. The molecule has 0 saturated carbocycles. The van der Waals surface area contributed by atoms with Crippen LogP contribution in [0.15, 0.2) is 53.4 Å². The van der Waals surface area contributed by atoms with Crippen molar-refractivity contribution in [2.45, 2.75) is 72.4 Å². The molecule has 42 heavy (non-hydrogen) atoms. The highest BCUT2D eigenvalue weighted by atomic mass is 32.2. The largest absolute Gasteiger partial charge is 0.460 e. The average molecular weight is 644 g/mol. The number of benzene rings is 2. The summed E-state index contributed by atoms with van der Waals surface area (Å²) < 4.78 is 172. The number of nitrogens with zero attached hydrogens (tertiary/aromatic N) is 1. The van der Waals surface area contributed by atoms with Crippen molar-refractivity contribution in [2.75, 3.05) is 17.7 Å². The summed E-state index contributed by atoms with van der Waals surface area (Å²) in [6.07, 6.45) is -8.93. The van der Waals surface area contributed by atoms with Gasteiger partial charge in [-0.15, -0.1) is 11.8 Å². The summed E-state index contributed by atoms with van der Waals surface area (Å²) >= 11 is 0.344. The molecule has 0 spiro atoms. The van der Waals surface area contributed by atoms with Gasteiger partial charge in [-0.2, -0.15) is 57.1 Å². The molecule has 16 heteroatoms. The van der Waals surface area contributed by atoms with Gasteiger partial charge in [0.1, 0.15) is 5.54 Å². The van der Waals surface area contributed by atoms with Crippen LogP contribution in [-0.4, -0.2) is 59.9 Å². The van der Waals surface area contributed by atoms with E-state index in [0.717, 1.165) is 11.3 Å². The van der Waals surface area contributed by atoms with E-state index in [-0.39, 0.29) is 16.2 Å². The lowest BCUT2D eigenvalue weighted by atomic mass is 9.83. The molecule has 0 aromatic heterocycles. The van der Waals surface area contributed by atoms with Crippen LogP contribution in [0.2, 0.25) is 0 Å². The summed E-state index contributed by atoms with van der Waals surface area (Å²) in [7, 11) is 1.75. The zero-order chi connectivity index (χ0) is 32.2. The number of carbonyl (C=O) groups excluding carboxylic acids is 1. The predicted octanol–water partition coefficient (Wildman–Crippen LogP) is 8.93. The van der Waals surface area contributed by atoms with E-state index < -0.39 is 53.5 Å². The maximum absolute atomic E-state index is 14.0. The van der Waals surface area contributed by atoms with Gasteiger partial charge >= 0.3 is 35.8 Å². The number of hydrogen-bond donors (Lipinski definition) is 0. The van der Waals surface area contributed by atoms with Crippen LogP contribution in [0, 0.1) is 0 Å². The van der Waals surface area contributed by atoms with Gasteiger partial charge in [-0.25, -0.2) is 0 Å². The molecule has 0 saturated heterocycles. The first-order chi connectivity index (χ1) is 19.0. The summed E-state index contributed by atoms with van der Waals surface area (Å²) in [5.41, 5.74) is 1.04. The Kier molecular flexibility index (Phi) is 8.71. The molecule has 1 aliphatic rings. The van der Waals surface area contributed by atoms with Crippen molar-refractivity contribution in [2.24, 2.45) is 0 Å². The third kappa shape index (κ3) is 5.10. The molecule has 234 valence electrons. The van der Waals surface area contributed by atoms with Crippen molar-refractivity contribution in [1.82, 2.24) is 0 Å². The predicted molar refractivity (Wildman–Crippen MR) is 128 cm³/mol. The van der Waals surface area contributed by atoms with Crippen LogP contribution in [0.1, 0.15) is 35.7 Å². The lowest BCUT2D eigenvalue weighted by Gasteiger charge is -2.39. The highest BCUT2D eigenvalue weighted by Gasteiger charge is 2.90. The molecule has 1 atom stereocenters. The summed E-state index contributed by atoms with van der Waals surface area (Å²) in [6, 6.07) is 12.4. The zero-order valence-corrected chi connectivity index (χ0v) is 22.4. The molecule has 0 aliphatic carbocycles. The van der Waals surface area contributed by atoms with Crippen molar-refractivity contribution < 1.29 is 61.9 Å². The normalized spacial score (nSPS) is 18.8. The van der Waals surface area contributed by atoms with Crippen LogP contribution in [-0.2, 0) is 6.42 Å². The molecule has 0 bridgehead atoms. The molecule has 1 heterocycles. The number of thioether (sulfide) groups is 1. The second-order valence-electron chi connectivity index (χ2n) is 9.70. The average Bonchev–Trinajstić information content (AvgIpc) is 3.20. The second kappa shape index (κ2) is 10.8. The number of fused-ring (bicyclic) bond motifs is 1. The lowest BCUT2D eigenvalue weighted by molar-refractivity contribution is -0.439. The molecule has 0 N–H and O–H groups in total. The monoisotopic (exact) mass is 643 g/mol. The Bertz CT molecular complexity index is 1290. The fourth-order valence-electron chi connectivity index (χ4n) is 4.63. The van der Waals surface area contributed by atoms with Crippen molar-refractivity contribution in [3.63, 3.8) is 0 Å². The van der Waals surface area contributed by atoms with E-state index in [1.807, 2.05) is 30.0 Å². The zero-order valence-electron chi connectivity index (χ0n) is 21.6. The van der Waals surface area contributed by atoms with E-state index in [2.05, 4.69) is 0 Å². The quantitative estimate of drug-likeness (QED) is 0.139. The molecular formula is C26H22F13NOS. The van der Waals surface area contributed by atoms with Crippen LogP contribution in [0.25, 0.3) is 0 Å². The standard InChI is InChI=1S/C26H22F13NOS/c1-3-20(14-16-6-4-5-7-18(16)40(20)2)19(41)15-8-10-17(11-9-15)42-13-12-21(27,28)22(29,30)23(31,32)24(33,34)25(35,36)26(37,38)39/h4-11H,3,12-14H2,1-2H3. The highest BCUT2D eigenvalue weighted by Crippen LogP contribution is 2.60. The molecule has 1 unspecified atom stereocenters. The molecule has 2 nitrogen and oxygen atoms in total. The number of alkyl halides is 13. The molecule has 0 radical (unpaired) electrons. The van der Waals surface area contributed by atoms with E-state index in [1.165, 1.54) is 24.3 Å². The lowest BCUT2D eigenvalue weighted by Crippen LogP contribution is -2.70. The van der Waals surface area contributed by atoms with E-state index in [4.69, 9.17) is 0 Å². The Morgan fingerprint density at radius 1 is 0.786 bits per heavy atom. The number of carbonyl (C=O) groups is 1. The van der Waals surface area contributed by atoms with E-state index >= 15 is 0 Å². The van der Waals surface area contributed by atoms with Crippen LogP contribution >= 0.6 is 11.8 Å². The Hall–Kier alpha value is -2.65. The highest BCUT2D eigenvalue weighted by molar-refractivity contribution is 7.99. The van der Waals surface area contributed by atoms with Gasteiger partial charge in [-0.3, -0.25) is 4.79 Å². The van der Waals surface area contributed by atoms with Crippen LogP contribution < -0.4 is 4.90 Å². The number of rotatable bonds is 11. The van der Waals surface area contributed by atoms with E-state index in [1.54, 1.807) is 13.1 Å². The van der Waals surface area contributed by atoms with Crippen molar-refractivity contribution in [3.8, 4) is 0 Å². The van der Waals surface area contributed by atoms with Gasteiger partial charge in [-0.05, 0) is 30.2 Å². The van der Waals surface area contributed by atoms with Gasteiger partial charge in [0.2, 0.25) is 0 Å². The molecule has 2 aromatic carbocycles. The number of halogens is 13. The summed E-state index contributed by atoms with van der Waals surface area (Å²) in [6.45, 7) is 1.81. The first-order valence-corrected chi connectivity index (χ1v) is 13.1. The minimum Gasteiger partial charge on any atom is -0.361 e. The van der Waals surface area contributed by atoms with Crippen molar-refractivity contribution in [3.05, 3.63) is 59.7 Å². The number of likely N-dealkylation sites (N-methyl/N-ethyl adjacent to an activating group) is 1. The van der Waals surface area contributed by atoms with Gasteiger partial charge < -0.3 is 4.90 Å². The topological polar surface area (TPSA) is 20.3 Å². The molecule has 0 amide bonds. The number of Topliss-reactive ketones (excluding diaryl/α,β-unsaturated/α-hetero) is 1. The van der Waals surface area contributed by atoms with Crippen LogP contribution in [0.4, 0.5) is 62.8 Å². The summed E-state index contributed by atoms with van der Waals surface area (Å²) in [5, 5.41) is 0. The van der Waals surface area contributed by atoms with Crippen molar-refractivity contribution >= 4 is 23.2 Å². The smallest absolute Gasteiger partial charge is 0.361 e. The molecular weight excluding hydrogens is 621 g/mol. The fourth-order valence-corrected chi connectivity index (χ4v) is 5.56. The number of anilines is 1. The third-order valence-electron chi connectivity index (χ3n) is 7.29. The number of para-hydroxylation sites is 1. The maximum Gasteiger partial charge on any atom is 0.460 e. The maximum atomic E-state index is 14.0. The molecule has 0 fully saturated rings. The van der Waals surface area contributed by atoms with Crippen LogP contribution in [0.5, 0.6) is 0 Å². The van der Waals surface area contributed by atoms with Crippen LogP contribution in [0.3, 0.4) is 0 Å². The first kappa shape index (κ1) is 33.8. The van der Waals surface area contributed by atoms with Gasteiger partial charge in [0.25, 0.3) is 0 Å². The van der Waals surface area contributed by atoms with Gasteiger partial charge in [0, 0.05) is 41.8 Å². The third-order valence-corrected chi connectivity index (χ3v) is 8.30. The summed E-state index contributed by atoms with van der Waals surface area (Å²) in [4.78, 5) is 15.4. The van der Waals surface area contributed by atoms with Gasteiger partial charge in [0.05, 0.1) is 0 Å². The van der Waals surface area contributed by atoms with Gasteiger partial charge in [-0.1, -0.05) is 37.3 Å². The van der Waals surface area contributed by atoms with Gasteiger partial charge in [0.15, 0.2) is 5.78 Å². The minimum absolute atomic E-state index is 0.0555. The molecule has 3 rings (SSSR count). The Balaban J connectivity index is 1.72. The molecule has 2 aromatic rings. The summed E-state index contributed by atoms with van der Waals surface area (Å²) in [5.74, 6) is -38.3. The minimum atomic E-state index is -7.91. The SMILES string of the molecule is CCC1(C(=O)c2ccc(SCCC(F)(F)C(F)(F)C(F)(F)C(F)(F)C(F)(F)C(F)(F)F)cc2)Cc2ccccc2N1C. The van der Waals surface area contributed by atoms with E-state index in [9.17, 15) is 61.9 Å². The Morgan fingerprint density at radius 2 is 1.31 bits per heavy atom. The number of ketones is 1. The van der Waals surface area contributed by atoms with Crippen molar-refractivity contribution in [1.29, 1.82) is 0 Å². The van der Waals surface area contributed by atoms with E-state index in [0.29, 0.717) is 24.6 Å². The Labute approximate surface area is 235 Å². The Morgan fingerprint density at radius 3 is 1.81 bits per heavy atom. The second-order valence-corrected chi connectivity index (χ2v) is 10.9.